The number of hydrogen-bond donors (Lipinski definition) is 3. The Kier molecular flexibility index (Phi) is 8.90. The van der Waals surface area contributed by atoms with Crippen LogP contribution in [0, 0.1) is 10.1 Å². The summed E-state index contributed by atoms with van der Waals surface area (Å²) in [6, 6.07) is 9.85. The van der Waals surface area contributed by atoms with E-state index in [1.54, 1.807) is 18.4 Å². The van der Waals surface area contributed by atoms with Gasteiger partial charge in [-0.25, -0.2) is 9.59 Å². The Hall–Kier alpha value is -3.40. The number of non-ortho nitro benzene ring substituents is 1. The molecule has 0 radical (unpaired) electrons. The molecule has 2 rings (SSSR count). The maximum absolute atomic E-state index is 10.5. The second-order valence-electron chi connectivity index (χ2n) is 4.82. The van der Waals surface area contributed by atoms with Gasteiger partial charge in [-0.05, 0) is 37.2 Å². The summed E-state index contributed by atoms with van der Waals surface area (Å²) in [4.78, 5) is 28.3. The molecule has 1 aromatic carbocycles. The monoisotopic (exact) mass is 366 g/mol. The molecule has 26 heavy (non-hydrogen) atoms. The van der Waals surface area contributed by atoms with Crippen LogP contribution in [0.2, 0.25) is 0 Å². The Labute approximate surface area is 148 Å². The zero-order chi connectivity index (χ0) is 19.4. The maximum Gasteiger partial charge on any atom is 0.414 e. The van der Waals surface area contributed by atoms with E-state index in [2.05, 4.69) is 5.32 Å². The summed E-state index contributed by atoms with van der Waals surface area (Å²) in [6.07, 6.45) is 2.49. The Balaban J connectivity index is 0.000000487. The fourth-order valence-electron chi connectivity index (χ4n) is 1.68. The van der Waals surface area contributed by atoms with Crippen LogP contribution in [0.3, 0.4) is 0 Å². The molecule has 0 aliphatic heterocycles. The lowest BCUT2D eigenvalue weighted by Gasteiger charge is -2.06. The molecule has 0 amide bonds. The van der Waals surface area contributed by atoms with Gasteiger partial charge in [-0.2, -0.15) is 0 Å². The highest BCUT2D eigenvalue weighted by molar-refractivity contribution is 6.27. The second kappa shape index (κ2) is 11.2. The number of nitrogens with one attached hydrogen (secondary N) is 1. The number of nitro groups is 1. The highest BCUT2D eigenvalue weighted by Gasteiger charge is 2.04. The van der Waals surface area contributed by atoms with Crippen molar-refractivity contribution >= 4 is 17.6 Å². The molecule has 10 heteroatoms. The van der Waals surface area contributed by atoms with E-state index >= 15 is 0 Å². The first kappa shape index (κ1) is 20.6. The molecule has 0 aliphatic carbocycles. The van der Waals surface area contributed by atoms with Crippen molar-refractivity contribution in [3.05, 3.63) is 58.5 Å². The van der Waals surface area contributed by atoms with Gasteiger partial charge in [0.25, 0.3) is 5.69 Å². The average Bonchev–Trinajstić information content (AvgIpc) is 3.12. The molecule has 0 aliphatic rings. The van der Waals surface area contributed by atoms with E-state index in [0.717, 1.165) is 18.7 Å². The third-order valence-electron chi connectivity index (χ3n) is 2.88. The predicted molar refractivity (Wildman–Crippen MR) is 88.9 cm³/mol. The number of furan rings is 1. The third kappa shape index (κ3) is 8.45. The molecule has 3 N–H and O–H groups in total. The molecular formula is C16H18N2O8. The Bertz CT molecular complexity index is 686. The lowest BCUT2D eigenvalue weighted by molar-refractivity contribution is -0.384. The van der Waals surface area contributed by atoms with Crippen molar-refractivity contribution in [3.63, 3.8) is 0 Å². The molecular weight excluding hydrogens is 348 g/mol. The van der Waals surface area contributed by atoms with Crippen LogP contribution in [0.4, 0.5) is 5.69 Å². The van der Waals surface area contributed by atoms with Gasteiger partial charge in [-0.1, -0.05) is 0 Å². The van der Waals surface area contributed by atoms with E-state index in [4.69, 9.17) is 29.0 Å². The fourth-order valence-corrected chi connectivity index (χ4v) is 1.68. The smallest absolute Gasteiger partial charge is 0.414 e. The largest absolute Gasteiger partial charge is 0.494 e. The van der Waals surface area contributed by atoms with Crippen LogP contribution in [0.15, 0.2) is 47.1 Å². The summed E-state index contributed by atoms with van der Waals surface area (Å²) in [5.41, 5.74) is 0.0671. The molecule has 0 fully saturated rings. The van der Waals surface area contributed by atoms with E-state index in [9.17, 15) is 10.1 Å². The molecule has 0 atom stereocenters. The Morgan fingerprint density at radius 3 is 2.31 bits per heavy atom. The highest BCUT2D eigenvalue weighted by Crippen LogP contribution is 2.17. The first-order valence-corrected chi connectivity index (χ1v) is 7.46. The van der Waals surface area contributed by atoms with Crippen molar-refractivity contribution in [1.82, 2.24) is 5.32 Å². The standard InChI is InChI=1S/C14H16N2O4.C2H2O4/c17-16(18)12-4-6-13(7-5-12)19-10-2-8-15-11-14-3-1-9-20-14;3-1(4)2(5)6/h1,3-7,9,15H,2,8,10-11H2;(H,3,4)(H,5,6). The second-order valence-corrected chi connectivity index (χ2v) is 4.82. The number of aliphatic carboxylic acids is 2. The summed E-state index contributed by atoms with van der Waals surface area (Å²) in [5, 5.41) is 28.5. The summed E-state index contributed by atoms with van der Waals surface area (Å²) >= 11 is 0. The number of nitrogens with zero attached hydrogens (tertiary/aromatic N) is 1. The average molecular weight is 366 g/mol. The number of carboxylic acid groups (broad SMARTS) is 2. The summed E-state index contributed by atoms with van der Waals surface area (Å²) in [6.45, 7) is 2.07. The number of benzene rings is 1. The number of carboxylic acids is 2. The molecule has 10 nitrogen and oxygen atoms in total. The van der Waals surface area contributed by atoms with Crippen LogP contribution in [0.5, 0.6) is 5.75 Å². The van der Waals surface area contributed by atoms with Crippen LogP contribution in [-0.4, -0.2) is 40.2 Å². The van der Waals surface area contributed by atoms with Crippen LogP contribution in [-0.2, 0) is 16.1 Å². The molecule has 0 unspecified atom stereocenters. The molecule has 140 valence electrons. The van der Waals surface area contributed by atoms with Gasteiger partial charge in [0.1, 0.15) is 11.5 Å². The van der Waals surface area contributed by atoms with Gasteiger partial charge < -0.3 is 24.7 Å². The van der Waals surface area contributed by atoms with Gasteiger partial charge in [0.2, 0.25) is 0 Å². The number of carbonyl (C=O) groups is 2. The van der Waals surface area contributed by atoms with Gasteiger partial charge in [0, 0.05) is 12.1 Å². The quantitative estimate of drug-likeness (QED) is 0.275. The van der Waals surface area contributed by atoms with Crippen LogP contribution in [0.1, 0.15) is 12.2 Å². The van der Waals surface area contributed by atoms with Crippen LogP contribution >= 0.6 is 0 Å². The normalized spacial score (nSPS) is 9.69. The first-order valence-electron chi connectivity index (χ1n) is 7.46. The third-order valence-corrected chi connectivity index (χ3v) is 2.88. The van der Waals surface area contributed by atoms with E-state index < -0.39 is 16.9 Å². The summed E-state index contributed by atoms with van der Waals surface area (Å²) in [7, 11) is 0. The minimum absolute atomic E-state index is 0.0671. The van der Waals surface area contributed by atoms with Crippen molar-refractivity contribution in [1.29, 1.82) is 0 Å². The molecule has 1 aromatic heterocycles. The zero-order valence-corrected chi connectivity index (χ0v) is 13.7. The predicted octanol–water partition coefficient (Wildman–Crippen LogP) is 1.90. The number of ether oxygens (including phenoxy) is 1. The molecule has 0 saturated heterocycles. The van der Waals surface area contributed by atoms with Gasteiger partial charge in [0.15, 0.2) is 0 Å². The lowest BCUT2D eigenvalue weighted by Crippen LogP contribution is -2.16. The van der Waals surface area contributed by atoms with Crippen LogP contribution in [0.25, 0.3) is 0 Å². The first-order chi connectivity index (χ1) is 12.4. The minimum Gasteiger partial charge on any atom is -0.494 e. The van der Waals surface area contributed by atoms with Gasteiger partial charge in [0.05, 0.1) is 24.3 Å². The Morgan fingerprint density at radius 1 is 1.15 bits per heavy atom. The molecule has 0 bridgehead atoms. The number of rotatable bonds is 8. The van der Waals surface area contributed by atoms with Crippen molar-refractivity contribution in [2.24, 2.45) is 0 Å². The van der Waals surface area contributed by atoms with Crippen LogP contribution < -0.4 is 10.1 Å². The lowest BCUT2D eigenvalue weighted by atomic mass is 10.3. The van der Waals surface area contributed by atoms with Crippen molar-refractivity contribution in [3.8, 4) is 5.75 Å². The highest BCUT2D eigenvalue weighted by atomic mass is 16.6. The molecule has 2 aromatic rings. The van der Waals surface area contributed by atoms with E-state index in [1.165, 1.54) is 12.1 Å². The SMILES string of the molecule is O=C(O)C(=O)O.O=[N+]([O-])c1ccc(OCCCNCc2ccco2)cc1. The van der Waals surface area contributed by atoms with E-state index in [1.807, 2.05) is 12.1 Å². The molecule has 0 spiro atoms. The fraction of sp³-hybridized carbons (Fsp3) is 0.250. The maximum atomic E-state index is 10.5. The number of hydrogen-bond acceptors (Lipinski definition) is 7. The minimum atomic E-state index is -1.82. The Morgan fingerprint density at radius 2 is 1.81 bits per heavy atom. The van der Waals surface area contributed by atoms with E-state index in [0.29, 0.717) is 18.9 Å². The van der Waals surface area contributed by atoms with Gasteiger partial charge in [-0.15, -0.1) is 0 Å². The van der Waals surface area contributed by atoms with Crippen molar-refractivity contribution < 1.29 is 33.9 Å². The zero-order valence-electron chi connectivity index (χ0n) is 13.7. The molecule has 1 heterocycles. The van der Waals surface area contributed by atoms with Gasteiger partial charge in [-0.3, -0.25) is 10.1 Å². The summed E-state index contributed by atoms with van der Waals surface area (Å²) < 4.78 is 10.7. The topological polar surface area (TPSA) is 152 Å². The molecule has 0 saturated carbocycles. The van der Waals surface area contributed by atoms with E-state index in [-0.39, 0.29) is 5.69 Å². The summed E-state index contributed by atoms with van der Waals surface area (Å²) in [5.74, 6) is -2.10. The van der Waals surface area contributed by atoms with Crippen molar-refractivity contribution in [2.45, 2.75) is 13.0 Å². The number of nitro benzene ring substituents is 1. The van der Waals surface area contributed by atoms with Gasteiger partial charge >= 0.3 is 11.9 Å². The van der Waals surface area contributed by atoms with Crippen molar-refractivity contribution in [2.75, 3.05) is 13.2 Å².